The van der Waals surface area contributed by atoms with Crippen LogP contribution in [0.5, 0.6) is 0 Å². The number of fused-ring (bicyclic) bond motifs is 1. The number of anilines is 1. The molecule has 0 aliphatic heterocycles. The summed E-state index contributed by atoms with van der Waals surface area (Å²) in [6.07, 6.45) is 0.536. The predicted molar refractivity (Wildman–Crippen MR) is 111 cm³/mol. The van der Waals surface area contributed by atoms with Crippen molar-refractivity contribution in [2.75, 3.05) is 11.9 Å². The Kier molecular flexibility index (Phi) is 6.69. The fraction of sp³-hybridized carbons (Fsp3) is 0.227. The molecule has 30 heavy (non-hydrogen) atoms. The summed E-state index contributed by atoms with van der Waals surface area (Å²) in [4.78, 5) is 54.5. The number of ether oxygens (including phenoxy) is 1. The lowest BCUT2D eigenvalue weighted by Crippen LogP contribution is -2.16. The van der Waals surface area contributed by atoms with Crippen LogP contribution in [-0.4, -0.2) is 34.2 Å². The standard InChI is InChI=1S/C22H21N3O5/c1-2-20(27)23-15-9-7-14(8-10-15)18(26)13-30-21(28)12-11-19-24-17-6-4-3-5-16(17)22(29)25-19/h3-10H,2,11-13H2,1H3,(H,23,27)(H,24,25,29). The molecule has 0 fully saturated rings. The molecule has 8 nitrogen and oxygen atoms in total. The number of Topliss-reactive ketones (excluding diaryl/α,β-unsaturated/α-hetero) is 1. The topological polar surface area (TPSA) is 118 Å². The third-order valence-corrected chi connectivity index (χ3v) is 4.40. The van der Waals surface area contributed by atoms with Crippen molar-refractivity contribution in [2.24, 2.45) is 0 Å². The highest BCUT2D eigenvalue weighted by Crippen LogP contribution is 2.11. The zero-order valence-electron chi connectivity index (χ0n) is 16.4. The van der Waals surface area contributed by atoms with Gasteiger partial charge in [0, 0.05) is 24.1 Å². The Bertz CT molecular complexity index is 1140. The van der Waals surface area contributed by atoms with Gasteiger partial charge < -0.3 is 15.0 Å². The Morgan fingerprint density at radius 3 is 2.53 bits per heavy atom. The second-order valence-electron chi connectivity index (χ2n) is 6.59. The van der Waals surface area contributed by atoms with Crippen LogP contribution >= 0.6 is 0 Å². The van der Waals surface area contributed by atoms with Crippen LogP contribution in [0, 0.1) is 0 Å². The molecule has 2 aromatic carbocycles. The number of aromatic nitrogens is 2. The number of carbonyl (C=O) groups excluding carboxylic acids is 3. The summed E-state index contributed by atoms with van der Waals surface area (Å²) in [5.74, 6) is -0.656. The summed E-state index contributed by atoms with van der Waals surface area (Å²) in [5, 5.41) is 3.17. The molecule has 3 rings (SSSR count). The normalized spacial score (nSPS) is 10.6. The minimum absolute atomic E-state index is 0.0173. The number of hydrogen-bond donors (Lipinski definition) is 2. The lowest BCUT2D eigenvalue weighted by Gasteiger charge is -2.07. The highest BCUT2D eigenvalue weighted by Gasteiger charge is 2.12. The number of carbonyl (C=O) groups is 3. The van der Waals surface area contributed by atoms with E-state index in [9.17, 15) is 19.2 Å². The van der Waals surface area contributed by atoms with E-state index in [1.165, 1.54) is 0 Å². The van der Waals surface area contributed by atoms with E-state index in [-0.39, 0.29) is 36.7 Å². The highest BCUT2D eigenvalue weighted by atomic mass is 16.5. The molecule has 1 amide bonds. The highest BCUT2D eigenvalue weighted by molar-refractivity contribution is 5.98. The van der Waals surface area contributed by atoms with Gasteiger partial charge in [0.1, 0.15) is 5.82 Å². The molecule has 0 saturated carbocycles. The Balaban J connectivity index is 1.50. The van der Waals surface area contributed by atoms with E-state index in [0.717, 1.165) is 0 Å². The van der Waals surface area contributed by atoms with Crippen LogP contribution in [0.3, 0.4) is 0 Å². The molecule has 2 N–H and O–H groups in total. The number of amides is 1. The van der Waals surface area contributed by atoms with E-state index in [1.54, 1.807) is 55.5 Å². The number of aromatic amines is 1. The largest absolute Gasteiger partial charge is 0.457 e. The van der Waals surface area contributed by atoms with Crippen molar-refractivity contribution in [1.82, 2.24) is 9.97 Å². The van der Waals surface area contributed by atoms with Gasteiger partial charge in [0.15, 0.2) is 12.4 Å². The summed E-state index contributed by atoms with van der Waals surface area (Å²) in [5.41, 5.74) is 1.25. The lowest BCUT2D eigenvalue weighted by molar-refractivity contribution is -0.142. The van der Waals surface area contributed by atoms with Gasteiger partial charge in [-0.2, -0.15) is 0 Å². The molecule has 0 atom stereocenters. The maximum Gasteiger partial charge on any atom is 0.306 e. The first kappa shape index (κ1) is 20.9. The summed E-state index contributed by atoms with van der Waals surface area (Å²) in [6.45, 7) is 1.36. The van der Waals surface area contributed by atoms with Crippen molar-refractivity contribution < 1.29 is 19.1 Å². The van der Waals surface area contributed by atoms with E-state index in [0.29, 0.717) is 34.4 Å². The number of hydrogen-bond acceptors (Lipinski definition) is 6. The molecular weight excluding hydrogens is 386 g/mol. The number of para-hydroxylation sites is 1. The van der Waals surface area contributed by atoms with Crippen LogP contribution in [0.1, 0.15) is 35.9 Å². The molecule has 0 aliphatic carbocycles. The number of aryl methyl sites for hydroxylation is 1. The van der Waals surface area contributed by atoms with Gasteiger partial charge in [-0.1, -0.05) is 19.1 Å². The van der Waals surface area contributed by atoms with Gasteiger partial charge in [0.25, 0.3) is 5.56 Å². The summed E-state index contributed by atoms with van der Waals surface area (Å²) < 4.78 is 5.03. The number of benzene rings is 2. The van der Waals surface area contributed by atoms with E-state index < -0.39 is 5.97 Å². The first-order valence-corrected chi connectivity index (χ1v) is 9.53. The van der Waals surface area contributed by atoms with Crippen LogP contribution in [0.25, 0.3) is 10.9 Å². The molecule has 3 aromatic rings. The van der Waals surface area contributed by atoms with Gasteiger partial charge in [-0.05, 0) is 36.4 Å². The van der Waals surface area contributed by atoms with Gasteiger partial charge in [0.05, 0.1) is 17.3 Å². The summed E-state index contributed by atoms with van der Waals surface area (Å²) in [7, 11) is 0. The molecule has 8 heteroatoms. The lowest BCUT2D eigenvalue weighted by atomic mass is 10.1. The van der Waals surface area contributed by atoms with Crippen LogP contribution in [0.4, 0.5) is 5.69 Å². The fourth-order valence-electron chi connectivity index (χ4n) is 2.76. The maximum atomic E-state index is 12.2. The van der Waals surface area contributed by atoms with Gasteiger partial charge in [-0.25, -0.2) is 4.98 Å². The van der Waals surface area contributed by atoms with Crippen molar-refractivity contribution >= 4 is 34.3 Å². The van der Waals surface area contributed by atoms with Crippen LogP contribution in [0.2, 0.25) is 0 Å². The third kappa shape index (κ3) is 5.38. The molecule has 0 aliphatic rings. The van der Waals surface area contributed by atoms with Gasteiger partial charge >= 0.3 is 5.97 Å². The molecule has 0 spiro atoms. The first-order chi connectivity index (χ1) is 14.5. The SMILES string of the molecule is CCC(=O)Nc1ccc(C(=O)COC(=O)CCc2nc3ccccc3c(=O)[nH]2)cc1. The van der Waals surface area contributed by atoms with Crippen LogP contribution in [-0.2, 0) is 20.7 Å². The molecule has 0 unspecified atom stereocenters. The van der Waals surface area contributed by atoms with E-state index in [2.05, 4.69) is 15.3 Å². The molecule has 0 bridgehead atoms. The van der Waals surface area contributed by atoms with Crippen molar-refractivity contribution in [3.63, 3.8) is 0 Å². The average molecular weight is 407 g/mol. The molecule has 0 radical (unpaired) electrons. The molecule has 0 saturated heterocycles. The Hall–Kier alpha value is -3.81. The summed E-state index contributed by atoms with van der Waals surface area (Å²) >= 11 is 0. The number of nitrogens with one attached hydrogen (secondary N) is 2. The first-order valence-electron chi connectivity index (χ1n) is 9.53. The number of ketones is 1. The molecule has 1 aromatic heterocycles. The monoisotopic (exact) mass is 407 g/mol. The zero-order chi connectivity index (χ0) is 21.5. The Labute approximate surface area is 172 Å². The van der Waals surface area contributed by atoms with Crippen molar-refractivity contribution in [3.05, 3.63) is 70.3 Å². The predicted octanol–water partition coefficient (Wildman–Crippen LogP) is 2.63. The minimum Gasteiger partial charge on any atom is -0.457 e. The van der Waals surface area contributed by atoms with Gasteiger partial charge in [-0.3, -0.25) is 19.2 Å². The van der Waals surface area contributed by atoms with E-state index in [4.69, 9.17) is 4.74 Å². The van der Waals surface area contributed by atoms with Crippen LogP contribution in [0.15, 0.2) is 53.3 Å². The Morgan fingerprint density at radius 1 is 1.07 bits per heavy atom. The summed E-state index contributed by atoms with van der Waals surface area (Å²) in [6, 6.07) is 13.3. The zero-order valence-corrected chi connectivity index (χ0v) is 16.4. The van der Waals surface area contributed by atoms with E-state index in [1.807, 2.05) is 0 Å². The van der Waals surface area contributed by atoms with E-state index >= 15 is 0 Å². The fourth-order valence-corrected chi connectivity index (χ4v) is 2.76. The number of rotatable bonds is 8. The second kappa shape index (κ2) is 9.60. The quantitative estimate of drug-likeness (QED) is 0.438. The number of H-pyrrole nitrogens is 1. The maximum absolute atomic E-state index is 12.2. The number of nitrogens with zero attached hydrogens (tertiary/aromatic N) is 1. The van der Waals surface area contributed by atoms with Gasteiger partial charge in [0.2, 0.25) is 5.91 Å². The second-order valence-corrected chi connectivity index (χ2v) is 6.59. The number of esters is 1. The molecule has 1 heterocycles. The molecule has 154 valence electrons. The van der Waals surface area contributed by atoms with Crippen molar-refractivity contribution in [3.8, 4) is 0 Å². The van der Waals surface area contributed by atoms with Gasteiger partial charge in [-0.15, -0.1) is 0 Å². The van der Waals surface area contributed by atoms with Crippen molar-refractivity contribution in [1.29, 1.82) is 0 Å². The minimum atomic E-state index is -0.564. The Morgan fingerprint density at radius 2 is 1.80 bits per heavy atom. The van der Waals surface area contributed by atoms with Crippen LogP contribution < -0.4 is 10.9 Å². The smallest absolute Gasteiger partial charge is 0.306 e. The molecular formula is C22H21N3O5. The average Bonchev–Trinajstić information content (AvgIpc) is 2.76. The van der Waals surface area contributed by atoms with Crippen molar-refractivity contribution in [2.45, 2.75) is 26.2 Å². The third-order valence-electron chi connectivity index (χ3n) is 4.40.